The third-order valence-corrected chi connectivity index (χ3v) is 4.41. The molecule has 1 aromatic rings. The fourth-order valence-electron chi connectivity index (χ4n) is 2.96. The number of aliphatic carboxylic acids is 1. The van der Waals surface area contributed by atoms with Gasteiger partial charge in [-0.3, -0.25) is 9.59 Å². The minimum absolute atomic E-state index is 0.0764. The van der Waals surface area contributed by atoms with E-state index in [-0.39, 0.29) is 11.9 Å². The van der Waals surface area contributed by atoms with E-state index in [1.165, 1.54) is 0 Å². The lowest BCUT2D eigenvalue weighted by Crippen LogP contribution is -2.40. The molecular formula is C16H20ClNO3. The molecule has 2 rings (SSSR count). The van der Waals surface area contributed by atoms with Gasteiger partial charge in [0, 0.05) is 11.1 Å². The van der Waals surface area contributed by atoms with Gasteiger partial charge in [0.05, 0.1) is 11.8 Å². The second-order valence-electron chi connectivity index (χ2n) is 5.69. The molecule has 114 valence electrons. The molecule has 0 aliphatic heterocycles. The highest BCUT2D eigenvalue weighted by molar-refractivity contribution is 6.31. The number of carboxylic acid groups (broad SMARTS) is 1. The smallest absolute Gasteiger partial charge is 0.307 e. The second kappa shape index (κ2) is 6.94. The van der Waals surface area contributed by atoms with E-state index in [0.717, 1.165) is 12.0 Å². The third-order valence-electron chi connectivity index (χ3n) is 4.04. The first kappa shape index (κ1) is 15.8. The summed E-state index contributed by atoms with van der Waals surface area (Å²) in [7, 11) is 0. The van der Waals surface area contributed by atoms with E-state index in [1.54, 1.807) is 0 Å². The van der Waals surface area contributed by atoms with Crippen molar-refractivity contribution in [3.05, 3.63) is 34.9 Å². The minimum Gasteiger partial charge on any atom is -0.481 e. The molecule has 0 saturated heterocycles. The minimum atomic E-state index is -0.869. The van der Waals surface area contributed by atoms with Gasteiger partial charge in [-0.05, 0) is 37.8 Å². The van der Waals surface area contributed by atoms with Gasteiger partial charge in [0.2, 0.25) is 5.91 Å². The van der Waals surface area contributed by atoms with Gasteiger partial charge in [-0.15, -0.1) is 0 Å². The Morgan fingerprint density at radius 3 is 2.67 bits per heavy atom. The van der Waals surface area contributed by atoms with Crippen LogP contribution in [0, 0.1) is 11.8 Å². The number of hydrogen-bond acceptors (Lipinski definition) is 2. The zero-order valence-electron chi connectivity index (χ0n) is 12.0. The molecule has 0 bridgehead atoms. The zero-order valence-corrected chi connectivity index (χ0v) is 12.8. The molecule has 3 atom stereocenters. The number of rotatable bonds is 5. The highest BCUT2D eigenvalue weighted by Crippen LogP contribution is 2.32. The summed E-state index contributed by atoms with van der Waals surface area (Å²) < 4.78 is 0. The van der Waals surface area contributed by atoms with Crippen LogP contribution in [0.5, 0.6) is 0 Å². The normalized spacial score (nSPS) is 22.8. The highest BCUT2D eigenvalue weighted by atomic mass is 35.5. The molecular weight excluding hydrogens is 290 g/mol. The largest absolute Gasteiger partial charge is 0.481 e. The molecule has 5 heteroatoms. The Bertz CT molecular complexity index is 532. The van der Waals surface area contributed by atoms with E-state index in [0.29, 0.717) is 24.3 Å². The molecule has 1 unspecified atom stereocenters. The highest BCUT2D eigenvalue weighted by Gasteiger charge is 2.37. The Morgan fingerprint density at radius 2 is 2.00 bits per heavy atom. The molecule has 1 fully saturated rings. The van der Waals surface area contributed by atoms with Crippen molar-refractivity contribution in [3.63, 3.8) is 0 Å². The quantitative estimate of drug-likeness (QED) is 0.879. The van der Waals surface area contributed by atoms with Gasteiger partial charge < -0.3 is 10.4 Å². The Hall–Kier alpha value is -1.55. The van der Waals surface area contributed by atoms with Gasteiger partial charge in [0.15, 0.2) is 0 Å². The molecule has 0 aromatic heterocycles. The number of hydrogen-bond donors (Lipinski definition) is 2. The summed E-state index contributed by atoms with van der Waals surface area (Å²) >= 11 is 6.11. The van der Waals surface area contributed by atoms with Gasteiger partial charge >= 0.3 is 5.97 Å². The number of benzene rings is 1. The van der Waals surface area contributed by atoms with Crippen molar-refractivity contribution in [1.82, 2.24) is 5.32 Å². The maximum Gasteiger partial charge on any atom is 0.307 e. The van der Waals surface area contributed by atoms with Crippen molar-refractivity contribution in [2.75, 3.05) is 0 Å². The second-order valence-corrected chi connectivity index (χ2v) is 6.09. The van der Waals surface area contributed by atoms with Crippen LogP contribution in [0.2, 0.25) is 5.02 Å². The summed E-state index contributed by atoms with van der Waals surface area (Å²) in [5.41, 5.74) is 0.980. The Morgan fingerprint density at radius 1 is 1.33 bits per heavy atom. The monoisotopic (exact) mass is 309 g/mol. The summed E-state index contributed by atoms with van der Waals surface area (Å²) in [6.45, 7) is 1.91. The SMILES string of the molecule is CC(Cc1ccccc1Cl)NC(=O)[C@@H]1CCC[C@@H]1C(=O)O. The predicted molar refractivity (Wildman–Crippen MR) is 81.2 cm³/mol. The maximum atomic E-state index is 12.2. The number of carboxylic acids is 1. The molecule has 1 aromatic carbocycles. The fraction of sp³-hybridized carbons (Fsp3) is 0.500. The van der Waals surface area contributed by atoms with E-state index < -0.39 is 17.8 Å². The summed E-state index contributed by atoms with van der Waals surface area (Å²) in [5, 5.41) is 12.7. The maximum absolute atomic E-state index is 12.2. The van der Waals surface area contributed by atoms with E-state index in [4.69, 9.17) is 16.7 Å². The molecule has 0 heterocycles. The molecule has 0 spiro atoms. The van der Waals surface area contributed by atoms with Crippen molar-refractivity contribution >= 4 is 23.5 Å². The van der Waals surface area contributed by atoms with Gasteiger partial charge in [-0.1, -0.05) is 36.2 Å². The van der Waals surface area contributed by atoms with Crippen LogP contribution in [0.25, 0.3) is 0 Å². The Balaban J connectivity index is 1.93. The van der Waals surface area contributed by atoms with E-state index >= 15 is 0 Å². The van der Waals surface area contributed by atoms with Crippen LogP contribution in [0.1, 0.15) is 31.7 Å². The Kier molecular flexibility index (Phi) is 5.23. The predicted octanol–water partition coefficient (Wildman–Crippen LogP) is 2.89. The first-order chi connectivity index (χ1) is 9.99. The molecule has 1 aliphatic carbocycles. The van der Waals surface area contributed by atoms with Crippen LogP contribution in [0.3, 0.4) is 0 Å². The van der Waals surface area contributed by atoms with E-state index in [9.17, 15) is 9.59 Å². The van der Waals surface area contributed by atoms with Crippen molar-refractivity contribution in [3.8, 4) is 0 Å². The molecule has 1 aliphatic rings. The number of halogens is 1. The first-order valence-electron chi connectivity index (χ1n) is 7.25. The molecule has 0 radical (unpaired) electrons. The summed E-state index contributed by atoms with van der Waals surface area (Å²) in [5.74, 6) is -1.97. The van der Waals surface area contributed by atoms with Crippen molar-refractivity contribution in [1.29, 1.82) is 0 Å². The molecule has 4 nitrogen and oxygen atoms in total. The van der Waals surface area contributed by atoms with Crippen LogP contribution in [0.15, 0.2) is 24.3 Å². The van der Waals surface area contributed by atoms with Crippen LogP contribution in [-0.2, 0) is 16.0 Å². The van der Waals surface area contributed by atoms with E-state index in [1.807, 2.05) is 31.2 Å². The number of amides is 1. The van der Waals surface area contributed by atoms with Crippen LogP contribution in [-0.4, -0.2) is 23.0 Å². The molecule has 2 N–H and O–H groups in total. The zero-order chi connectivity index (χ0) is 15.4. The third kappa shape index (κ3) is 3.97. The lowest BCUT2D eigenvalue weighted by atomic mass is 9.95. The molecule has 1 saturated carbocycles. The average Bonchev–Trinajstić information content (AvgIpc) is 2.91. The standard InChI is InChI=1S/C16H20ClNO3/c1-10(9-11-5-2-3-8-14(11)17)18-15(19)12-6-4-7-13(12)16(20)21/h2-3,5,8,10,12-13H,4,6-7,9H2,1H3,(H,18,19)(H,20,21)/t10?,12-,13+/m1/s1. The van der Waals surface area contributed by atoms with Gasteiger partial charge in [0.1, 0.15) is 0 Å². The molecule has 1 amide bonds. The number of nitrogens with one attached hydrogen (secondary N) is 1. The Labute approximate surface area is 129 Å². The number of carbonyl (C=O) groups excluding carboxylic acids is 1. The lowest BCUT2D eigenvalue weighted by molar-refractivity contribution is -0.146. The van der Waals surface area contributed by atoms with Gasteiger partial charge in [-0.2, -0.15) is 0 Å². The van der Waals surface area contributed by atoms with Crippen molar-refractivity contribution in [2.45, 2.75) is 38.6 Å². The van der Waals surface area contributed by atoms with Crippen LogP contribution >= 0.6 is 11.6 Å². The summed E-state index contributed by atoms with van der Waals surface area (Å²) in [6.07, 6.45) is 2.68. The van der Waals surface area contributed by atoms with Crippen LogP contribution < -0.4 is 5.32 Å². The average molecular weight is 310 g/mol. The van der Waals surface area contributed by atoms with E-state index in [2.05, 4.69) is 5.32 Å². The summed E-state index contributed by atoms with van der Waals surface area (Å²) in [6, 6.07) is 7.45. The lowest BCUT2D eigenvalue weighted by Gasteiger charge is -2.20. The topological polar surface area (TPSA) is 66.4 Å². The molecule has 21 heavy (non-hydrogen) atoms. The summed E-state index contributed by atoms with van der Waals surface area (Å²) in [4.78, 5) is 23.4. The first-order valence-corrected chi connectivity index (χ1v) is 7.63. The number of carbonyl (C=O) groups is 2. The van der Waals surface area contributed by atoms with Crippen LogP contribution in [0.4, 0.5) is 0 Å². The van der Waals surface area contributed by atoms with Gasteiger partial charge in [0.25, 0.3) is 0 Å². The van der Waals surface area contributed by atoms with Gasteiger partial charge in [-0.25, -0.2) is 0 Å². The van der Waals surface area contributed by atoms with Crippen molar-refractivity contribution in [2.24, 2.45) is 11.8 Å². The fourth-order valence-corrected chi connectivity index (χ4v) is 3.18. The van der Waals surface area contributed by atoms with Crippen molar-refractivity contribution < 1.29 is 14.7 Å².